The van der Waals surface area contributed by atoms with Gasteiger partial charge in [0, 0.05) is 65.3 Å². The number of thiophene rings is 1. The van der Waals surface area contributed by atoms with E-state index in [1.165, 1.54) is 31.7 Å². The summed E-state index contributed by atoms with van der Waals surface area (Å²) in [5, 5.41) is 3.11. The summed E-state index contributed by atoms with van der Waals surface area (Å²) in [6, 6.07) is 66.5. The van der Waals surface area contributed by atoms with Crippen LogP contribution < -0.4 is 30.4 Å². The zero-order valence-electron chi connectivity index (χ0n) is 54.5. The standard InChI is InChI=1S/C78H70BN3OS/c1-75(2,3)52-32-35-54(36-33-52)80(64-29-19-17-26-57(64)50-24-15-12-16-25-50)56-38-40-63-66(48-56)82(65-30-21-28-59-58-27-18-20-31-69(58)83-73(59)65)68-45-51(49-22-13-11-14-23-49)44-67-71(68)79(63)74-72(60-46-53(76(4,5)6)34-41-70(60)84-74)81(67)55-37-39-61-62(47-55)78(9,10)43-42-77(61,7)8/h11-41,44-48H,42-43H2,1-10H3/i11D,13D,14D,22D,23D. The Morgan fingerprint density at radius 2 is 1.19 bits per heavy atom. The molecule has 2 aliphatic heterocycles. The topological polar surface area (TPSA) is 22.9 Å². The SMILES string of the molecule is [2H]c1c([2H])c([2H])c(-c2cc3c4c(c2)N(c2cccc5c2oc2ccccc25)c2cc(N(c5ccc(C(C)(C)C)cc5)c5ccccc5-c5ccccc5)ccc2B4c2sc4ccc(C(C)(C)C)cc4c2N3c2ccc3c(c2)C(C)(C)CCC3(C)C)c([2H])c1[2H]. The minimum Gasteiger partial charge on any atom is -0.454 e. The number of benzene rings is 10. The van der Waals surface area contributed by atoms with Crippen LogP contribution in [0.15, 0.2) is 223 Å². The first-order valence-corrected chi connectivity index (χ1v) is 30.5. The number of nitrogens with zero attached hydrogens (tertiary/aromatic N) is 3. The molecule has 0 N–H and O–H groups in total. The number of anilines is 9. The first-order chi connectivity index (χ1) is 42.5. The molecule has 15 rings (SSSR count). The average molecular weight is 1110 g/mol. The number of fused-ring (bicyclic) bond motifs is 10. The highest BCUT2D eigenvalue weighted by Gasteiger charge is 2.47. The van der Waals surface area contributed by atoms with Gasteiger partial charge in [-0.05, 0) is 163 Å². The first-order valence-electron chi connectivity index (χ1n) is 32.2. The Morgan fingerprint density at radius 3 is 1.95 bits per heavy atom. The van der Waals surface area contributed by atoms with Crippen LogP contribution in [0.2, 0.25) is 0 Å². The summed E-state index contributed by atoms with van der Waals surface area (Å²) in [7, 11) is 0. The fourth-order valence-corrected chi connectivity index (χ4v) is 15.1. The van der Waals surface area contributed by atoms with E-state index in [-0.39, 0.29) is 58.1 Å². The van der Waals surface area contributed by atoms with Crippen LogP contribution >= 0.6 is 11.3 Å². The monoisotopic (exact) mass is 1110 g/mol. The van der Waals surface area contributed by atoms with Crippen LogP contribution in [0.4, 0.5) is 51.2 Å². The summed E-state index contributed by atoms with van der Waals surface area (Å²) >= 11 is 1.85. The molecule has 0 bridgehead atoms. The van der Waals surface area contributed by atoms with E-state index in [1.54, 1.807) is 0 Å². The third-order valence-corrected chi connectivity index (χ3v) is 19.7. The lowest BCUT2D eigenvalue weighted by Gasteiger charge is -2.45. The van der Waals surface area contributed by atoms with E-state index in [0.717, 1.165) is 108 Å². The van der Waals surface area contributed by atoms with E-state index >= 15 is 0 Å². The van der Waals surface area contributed by atoms with Crippen molar-refractivity contribution in [3.05, 3.63) is 241 Å². The van der Waals surface area contributed by atoms with Gasteiger partial charge in [0.2, 0.25) is 0 Å². The van der Waals surface area contributed by atoms with Gasteiger partial charge in [-0.3, -0.25) is 0 Å². The van der Waals surface area contributed by atoms with Crippen molar-refractivity contribution < 1.29 is 11.3 Å². The molecule has 3 aliphatic rings. The molecule has 84 heavy (non-hydrogen) atoms. The van der Waals surface area contributed by atoms with E-state index in [0.29, 0.717) is 11.1 Å². The molecule has 0 saturated carbocycles. The minimum absolute atomic E-state index is 0.0336. The number of rotatable bonds is 7. The summed E-state index contributed by atoms with van der Waals surface area (Å²) in [5.41, 5.74) is 19.7. The van der Waals surface area contributed by atoms with Gasteiger partial charge in [0.15, 0.2) is 5.58 Å². The molecule has 0 atom stereocenters. The number of hydrogen-bond donors (Lipinski definition) is 0. The second-order valence-electron chi connectivity index (χ2n) is 26.8. The molecule has 4 nitrogen and oxygen atoms in total. The maximum Gasteiger partial charge on any atom is 0.264 e. The predicted molar refractivity (Wildman–Crippen MR) is 361 cm³/mol. The Labute approximate surface area is 506 Å². The molecule has 2 aromatic heterocycles. The molecule has 412 valence electrons. The van der Waals surface area contributed by atoms with Crippen molar-refractivity contribution in [2.75, 3.05) is 14.7 Å². The smallest absolute Gasteiger partial charge is 0.264 e. The van der Waals surface area contributed by atoms with Crippen LogP contribution in [0.1, 0.15) is 111 Å². The molecule has 0 amide bonds. The van der Waals surface area contributed by atoms with E-state index in [1.807, 2.05) is 23.5 Å². The maximum absolute atomic E-state index is 9.72. The van der Waals surface area contributed by atoms with Crippen molar-refractivity contribution in [2.45, 2.75) is 104 Å². The highest BCUT2D eigenvalue weighted by molar-refractivity contribution is 7.33. The molecule has 6 heteroatoms. The maximum atomic E-state index is 9.72. The molecule has 10 aromatic carbocycles. The van der Waals surface area contributed by atoms with Gasteiger partial charge in [-0.25, -0.2) is 0 Å². The molecular weight excluding hydrogens is 1040 g/mol. The highest BCUT2D eigenvalue weighted by Crippen LogP contribution is 2.54. The average Bonchev–Trinajstić information content (AvgIpc) is 1.70. The molecule has 1 aliphatic carbocycles. The van der Waals surface area contributed by atoms with Crippen molar-refractivity contribution in [3.8, 4) is 22.3 Å². The zero-order chi connectivity index (χ0) is 62.0. The van der Waals surface area contributed by atoms with Gasteiger partial charge in [0.1, 0.15) is 5.58 Å². The van der Waals surface area contributed by atoms with Crippen molar-refractivity contribution >= 4 is 117 Å². The predicted octanol–water partition coefficient (Wildman–Crippen LogP) is 20.6. The van der Waals surface area contributed by atoms with E-state index in [4.69, 9.17) is 5.79 Å². The summed E-state index contributed by atoms with van der Waals surface area (Å²) in [6.45, 7) is 22.8. The Morgan fingerprint density at radius 1 is 0.524 bits per heavy atom. The van der Waals surface area contributed by atoms with Crippen LogP contribution in [0, 0.1) is 0 Å². The van der Waals surface area contributed by atoms with Gasteiger partial charge in [-0.1, -0.05) is 209 Å². The van der Waals surface area contributed by atoms with Crippen LogP contribution in [-0.4, -0.2) is 6.71 Å². The van der Waals surface area contributed by atoms with Gasteiger partial charge in [-0.2, -0.15) is 0 Å². The minimum atomic E-state index is -0.431. The van der Waals surface area contributed by atoms with Gasteiger partial charge < -0.3 is 19.1 Å². The van der Waals surface area contributed by atoms with Crippen molar-refractivity contribution in [2.24, 2.45) is 0 Å². The summed E-state index contributed by atoms with van der Waals surface area (Å²) in [4.78, 5) is 7.21. The normalized spacial score (nSPS) is 15.9. The molecule has 12 aromatic rings. The highest BCUT2D eigenvalue weighted by atomic mass is 32.1. The number of furan rings is 1. The zero-order valence-corrected chi connectivity index (χ0v) is 50.4. The second kappa shape index (κ2) is 19.0. The van der Waals surface area contributed by atoms with Crippen molar-refractivity contribution in [3.63, 3.8) is 0 Å². The third-order valence-electron chi connectivity index (χ3n) is 18.5. The van der Waals surface area contributed by atoms with Gasteiger partial charge in [0.05, 0.1) is 23.9 Å². The Balaban J connectivity index is 1.10. The largest absolute Gasteiger partial charge is 0.454 e. The lowest BCUT2D eigenvalue weighted by Crippen LogP contribution is -2.60. The van der Waals surface area contributed by atoms with E-state index in [2.05, 4.69) is 260 Å². The Kier molecular flexibility index (Phi) is 10.6. The number of para-hydroxylation sites is 3. The molecule has 4 heterocycles. The van der Waals surface area contributed by atoms with Crippen LogP contribution in [0.3, 0.4) is 0 Å². The summed E-state index contributed by atoms with van der Waals surface area (Å²) in [5.74, 6) is 0. The fourth-order valence-electron chi connectivity index (χ4n) is 13.8. The first kappa shape index (κ1) is 46.9. The quantitative estimate of drug-likeness (QED) is 0.148. The summed E-state index contributed by atoms with van der Waals surface area (Å²) < 4.78 is 56.1. The molecule has 0 fully saturated rings. The van der Waals surface area contributed by atoms with E-state index < -0.39 is 6.04 Å². The van der Waals surface area contributed by atoms with Crippen molar-refractivity contribution in [1.82, 2.24) is 0 Å². The summed E-state index contributed by atoms with van der Waals surface area (Å²) in [6.07, 6.45) is 2.12. The van der Waals surface area contributed by atoms with Crippen LogP contribution in [0.5, 0.6) is 0 Å². The Hall–Kier alpha value is -8.58. The third kappa shape index (κ3) is 8.30. The van der Waals surface area contributed by atoms with Gasteiger partial charge in [0.25, 0.3) is 6.71 Å². The molecular formula is C78H70BN3OS. The van der Waals surface area contributed by atoms with Gasteiger partial charge in [-0.15, -0.1) is 11.3 Å². The second-order valence-corrected chi connectivity index (χ2v) is 27.9. The lowest BCUT2D eigenvalue weighted by atomic mass is 9.36. The molecule has 0 unspecified atom stereocenters. The Bertz CT molecular complexity index is 4890. The van der Waals surface area contributed by atoms with E-state index in [9.17, 15) is 5.48 Å². The molecule has 0 spiro atoms. The van der Waals surface area contributed by atoms with Crippen molar-refractivity contribution in [1.29, 1.82) is 0 Å². The van der Waals surface area contributed by atoms with Crippen LogP contribution in [-0.2, 0) is 21.7 Å². The van der Waals surface area contributed by atoms with Gasteiger partial charge >= 0.3 is 0 Å². The fraction of sp³-hybridized carbons (Fsp3) is 0.205. The molecule has 0 saturated heterocycles. The molecule has 0 radical (unpaired) electrons. The lowest BCUT2D eigenvalue weighted by molar-refractivity contribution is 0.332. The van der Waals surface area contributed by atoms with Crippen LogP contribution in [0.25, 0.3) is 54.3 Å². The number of hydrogen-bond acceptors (Lipinski definition) is 5.